The third-order valence-corrected chi connectivity index (χ3v) is 3.94. The molecule has 0 unspecified atom stereocenters. The number of oxazole rings is 1. The molecule has 0 radical (unpaired) electrons. The zero-order chi connectivity index (χ0) is 18.5. The van der Waals surface area contributed by atoms with Crippen molar-refractivity contribution in [1.82, 2.24) is 9.55 Å². The highest BCUT2D eigenvalue weighted by Gasteiger charge is 2.11. The van der Waals surface area contributed by atoms with Gasteiger partial charge < -0.3 is 19.0 Å². The highest BCUT2D eigenvalue weighted by molar-refractivity contribution is 6.04. The number of hydrogen-bond donors (Lipinski definition) is 1. The van der Waals surface area contributed by atoms with Gasteiger partial charge in [-0.15, -0.1) is 0 Å². The van der Waals surface area contributed by atoms with Gasteiger partial charge in [0.25, 0.3) is 11.5 Å². The molecule has 0 aliphatic heterocycles. The Balaban J connectivity index is 1.82. The predicted octanol–water partition coefficient (Wildman–Crippen LogP) is 2.71. The Morgan fingerprint density at radius 1 is 1.31 bits per heavy atom. The van der Waals surface area contributed by atoms with Gasteiger partial charge in [0, 0.05) is 37.2 Å². The first-order valence-corrected chi connectivity index (χ1v) is 8.10. The van der Waals surface area contributed by atoms with Crippen LogP contribution in [0.5, 0.6) is 0 Å². The van der Waals surface area contributed by atoms with Crippen molar-refractivity contribution >= 4 is 11.6 Å². The number of rotatable bonds is 6. The summed E-state index contributed by atoms with van der Waals surface area (Å²) in [7, 11) is 1.56. The topological polar surface area (TPSA) is 86.4 Å². The van der Waals surface area contributed by atoms with Gasteiger partial charge in [0.2, 0.25) is 5.89 Å². The number of carbonyl (C=O) groups excluding carboxylic acids is 1. The van der Waals surface area contributed by atoms with Crippen LogP contribution in [0, 0.1) is 6.92 Å². The van der Waals surface area contributed by atoms with Gasteiger partial charge in [-0.05, 0) is 30.7 Å². The lowest BCUT2D eigenvalue weighted by molar-refractivity contribution is 0.102. The number of hydrogen-bond acceptors (Lipinski definition) is 5. The van der Waals surface area contributed by atoms with E-state index in [1.807, 2.05) is 13.0 Å². The Morgan fingerprint density at radius 3 is 2.88 bits per heavy atom. The SMILES string of the molecule is COCCn1cc(C(=O)Nc2ccc(C)c(-c3ncco3)c2)ccc1=O. The first kappa shape index (κ1) is 17.6. The van der Waals surface area contributed by atoms with Gasteiger partial charge in [0.15, 0.2) is 0 Å². The minimum absolute atomic E-state index is 0.180. The van der Waals surface area contributed by atoms with Crippen LogP contribution in [0.4, 0.5) is 5.69 Å². The summed E-state index contributed by atoms with van der Waals surface area (Å²) in [4.78, 5) is 28.5. The van der Waals surface area contributed by atoms with E-state index in [1.54, 1.807) is 25.4 Å². The second-order valence-electron chi connectivity index (χ2n) is 5.76. The van der Waals surface area contributed by atoms with E-state index < -0.39 is 0 Å². The van der Waals surface area contributed by atoms with Crippen LogP contribution in [0.15, 0.2) is 58.2 Å². The number of ether oxygens (including phenoxy) is 1. The standard InChI is InChI=1S/C19H19N3O4/c1-13-3-5-15(11-16(13)19-20-7-9-26-19)21-18(24)14-4-6-17(23)22(12-14)8-10-25-2/h3-7,9,11-12H,8,10H2,1-2H3,(H,21,24). The average molecular weight is 353 g/mol. The Hall–Kier alpha value is -3.19. The lowest BCUT2D eigenvalue weighted by atomic mass is 10.1. The fraction of sp³-hybridized carbons (Fsp3) is 0.211. The number of nitrogens with zero attached hydrogens (tertiary/aromatic N) is 2. The first-order valence-electron chi connectivity index (χ1n) is 8.10. The van der Waals surface area contributed by atoms with Crippen LogP contribution in [-0.2, 0) is 11.3 Å². The molecule has 0 saturated heterocycles. The van der Waals surface area contributed by atoms with Gasteiger partial charge in [0.1, 0.15) is 6.26 Å². The maximum Gasteiger partial charge on any atom is 0.257 e. The largest absolute Gasteiger partial charge is 0.445 e. The first-order chi connectivity index (χ1) is 12.6. The monoisotopic (exact) mass is 353 g/mol. The molecule has 134 valence electrons. The Morgan fingerprint density at radius 2 is 2.15 bits per heavy atom. The van der Waals surface area contributed by atoms with Gasteiger partial charge >= 0.3 is 0 Å². The maximum absolute atomic E-state index is 12.5. The Kier molecular flexibility index (Phi) is 5.28. The van der Waals surface area contributed by atoms with Gasteiger partial charge in [-0.2, -0.15) is 0 Å². The van der Waals surface area contributed by atoms with Crippen molar-refractivity contribution in [3.05, 3.63) is 70.5 Å². The van der Waals surface area contributed by atoms with Gasteiger partial charge in [-0.1, -0.05) is 6.07 Å². The second-order valence-corrected chi connectivity index (χ2v) is 5.76. The molecule has 7 heteroatoms. The zero-order valence-corrected chi connectivity index (χ0v) is 14.6. The van der Waals surface area contributed by atoms with Crippen LogP contribution in [0.1, 0.15) is 15.9 Å². The zero-order valence-electron chi connectivity index (χ0n) is 14.6. The molecule has 0 fully saturated rings. The molecule has 0 bridgehead atoms. The summed E-state index contributed by atoms with van der Waals surface area (Å²) in [6.45, 7) is 2.72. The third kappa shape index (κ3) is 3.89. The van der Waals surface area contributed by atoms with Crippen LogP contribution < -0.4 is 10.9 Å². The smallest absolute Gasteiger partial charge is 0.257 e. The number of nitrogens with one attached hydrogen (secondary N) is 1. The lowest BCUT2D eigenvalue weighted by Crippen LogP contribution is -2.23. The van der Waals surface area contributed by atoms with Crippen molar-refractivity contribution in [3.63, 3.8) is 0 Å². The third-order valence-electron chi connectivity index (χ3n) is 3.94. The number of methoxy groups -OCH3 is 1. The highest BCUT2D eigenvalue weighted by Crippen LogP contribution is 2.25. The minimum Gasteiger partial charge on any atom is -0.445 e. The van der Waals surface area contributed by atoms with E-state index >= 15 is 0 Å². The molecular weight excluding hydrogens is 334 g/mol. The summed E-state index contributed by atoms with van der Waals surface area (Å²) in [6.07, 6.45) is 4.60. The molecule has 26 heavy (non-hydrogen) atoms. The molecule has 7 nitrogen and oxygen atoms in total. The fourth-order valence-electron chi connectivity index (χ4n) is 2.52. The number of amides is 1. The van der Waals surface area contributed by atoms with Gasteiger partial charge in [-0.25, -0.2) is 4.98 Å². The van der Waals surface area contributed by atoms with E-state index in [1.165, 1.54) is 29.2 Å². The number of aromatic nitrogens is 2. The van der Waals surface area contributed by atoms with Crippen LogP contribution >= 0.6 is 0 Å². The van der Waals surface area contributed by atoms with Crippen molar-refractivity contribution in [1.29, 1.82) is 0 Å². The summed E-state index contributed by atoms with van der Waals surface area (Å²) in [6, 6.07) is 8.37. The fourth-order valence-corrected chi connectivity index (χ4v) is 2.52. The number of benzene rings is 1. The number of pyridine rings is 1. The molecule has 0 aliphatic rings. The summed E-state index contributed by atoms with van der Waals surface area (Å²) in [5.74, 6) is 0.185. The molecule has 3 aromatic rings. The average Bonchev–Trinajstić information content (AvgIpc) is 3.17. The normalized spacial score (nSPS) is 10.7. The summed E-state index contributed by atoms with van der Waals surface area (Å²) < 4.78 is 11.8. The molecule has 2 heterocycles. The number of anilines is 1. The maximum atomic E-state index is 12.5. The Bertz CT molecular complexity index is 961. The van der Waals surface area contributed by atoms with E-state index in [0.717, 1.165) is 11.1 Å². The second kappa shape index (κ2) is 7.79. The highest BCUT2D eigenvalue weighted by atomic mass is 16.5. The van der Waals surface area contributed by atoms with Crippen molar-refractivity contribution in [2.24, 2.45) is 0 Å². The molecule has 1 aromatic carbocycles. The molecule has 3 rings (SSSR count). The minimum atomic E-state index is -0.307. The molecule has 0 atom stereocenters. The Labute approximate surface area is 150 Å². The van der Waals surface area contributed by atoms with Crippen molar-refractivity contribution < 1.29 is 13.9 Å². The van der Waals surface area contributed by atoms with Crippen LogP contribution in [-0.4, -0.2) is 29.2 Å². The summed E-state index contributed by atoms with van der Waals surface area (Å²) in [5, 5.41) is 2.84. The van der Waals surface area contributed by atoms with Crippen molar-refractivity contribution in [2.45, 2.75) is 13.5 Å². The lowest BCUT2D eigenvalue weighted by Gasteiger charge is -2.10. The van der Waals surface area contributed by atoms with E-state index in [-0.39, 0.29) is 11.5 Å². The molecular formula is C19H19N3O4. The van der Waals surface area contributed by atoms with E-state index in [2.05, 4.69) is 10.3 Å². The van der Waals surface area contributed by atoms with Crippen LogP contribution in [0.2, 0.25) is 0 Å². The molecule has 1 amide bonds. The quantitative estimate of drug-likeness (QED) is 0.736. The number of aryl methyl sites for hydroxylation is 1. The van der Waals surface area contributed by atoms with Crippen LogP contribution in [0.25, 0.3) is 11.5 Å². The van der Waals surface area contributed by atoms with Gasteiger partial charge in [-0.3, -0.25) is 9.59 Å². The number of carbonyl (C=O) groups is 1. The summed E-state index contributed by atoms with van der Waals surface area (Å²) >= 11 is 0. The molecule has 0 saturated carbocycles. The summed E-state index contributed by atoms with van der Waals surface area (Å²) in [5.41, 5.74) is 2.61. The molecule has 1 N–H and O–H groups in total. The van der Waals surface area contributed by atoms with E-state index in [9.17, 15) is 9.59 Å². The van der Waals surface area contributed by atoms with Crippen molar-refractivity contribution in [2.75, 3.05) is 19.0 Å². The van der Waals surface area contributed by atoms with Crippen LogP contribution in [0.3, 0.4) is 0 Å². The van der Waals surface area contributed by atoms with Gasteiger partial charge in [0.05, 0.1) is 18.4 Å². The van der Waals surface area contributed by atoms with Crippen molar-refractivity contribution in [3.8, 4) is 11.5 Å². The molecule has 0 aliphatic carbocycles. The van der Waals surface area contributed by atoms with E-state index in [0.29, 0.717) is 30.3 Å². The predicted molar refractivity (Wildman–Crippen MR) is 97.2 cm³/mol. The van der Waals surface area contributed by atoms with E-state index in [4.69, 9.17) is 9.15 Å². The molecule has 2 aromatic heterocycles. The molecule has 0 spiro atoms.